The molecule has 1 atom stereocenters. The third kappa shape index (κ3) is 7.31. The van der Waals surface area contributed by atoms with Crippen LogP contribution in [0.4, 0.5) is 0 Å². The van der Waals surface area contributed by atoms with E-state index in [1.54, 1.807) is 4.90 Å². The minimum Gasteiger partial charge on any atom is -0.354 e. The number of hydrogen-bond acceptors (Lipinski definition) is 2. The first-order valence-electron chi connectivity index (χ1n) is 12.1. The van der Waals surface area contributed by atoms with Gasteiger partial charge >= 0.3 is 0 Å². The van der Waals surface area contributed by atoms with Gasteiger partial charge in [0.1, 0.15) is 6.04 Å². The van der Waals surface area contributed by atoms with Crippen LogP contribution >= 0.6 is 0 Å². The van der Waals surface area contributed by atoms with Crippen molar-refractivity contribution in [1.29, 1.82) is 0 Å². The van der Waals surface area contributed by atoms with Crippen LogP contribution in [0.3, 0.4) is 0 Å². The van der Waals surface area contributed by atoms with Crippen LogP contribution in [0.15, 0.2) is 72.8 Å². The number of nitrogens with zero attached hydrogens (tertiary/aromatic N) is 1. The van der Waals surface area contributed by atoms with Gasteiger partial charge in [0.15, 0.2) is 0 Å². The Hall–Kier alpha value is -3.40. The molecule has 1 N–H and O–H groups in total. The molecule has 0 aliphatic heterocycles. The molecular formula is C30H36N2O2. The summed E-state index contributed by atoms with van der Waals surface area (Å²) in [5.74, 6) is -0.148. The molecule has 2 amide bonds. The van der Waals surface area contributed by atoms with Crippen molar-refractivity contribution in [2.75, 3.05) is 6.54 Å². The molecule has 0 saturated carbocycles. The molecule has 34 heavy (non-hydrogen) atoms. The van der Waals surface area contributed by atoms with Crippen molar-refractivity contribution in [3.05, 3.63) is 106 Å². The van der Waals surface area contributed by atoms with Gasteiger partial charge < -0.3 is 10.2 Å². The molecule has 0 fully saturated rings. The van der Waals surface area contributed by atoms with Crippen molar-refractivity contribution in [3.8, 4) is 0 Å². The predicted octanol–water partition coefficient (Wildman–Crippen LogP) is 5.32. The van der Waals surface area contributed by atoms with Crippen molar-refractivity contribution >= 4 is 11.8 Å². The summed E-state index contributed by atoms with van der Waals surface area (Å²) in [5, 5.41) is 3.03. The van der Waals surface area contributed by atoms with Gasteiger partial charge in [-0.05, 0) is 43.9 Å². The Labute approximate surface area is 204 Å². The molecule has 0 saturated heterocycles. The molecule has 0 unspecified atom stereocenters. The Morgan fingerprint density at radius 2 is 1.44 bits per heavy atom. The zero-order chi connectivity index (χ0) is 24.5. The summed E-state index contributed by atoms with van der Waals surface area (Å²) >= 11 is 0. The van der Waals surface area contributed by atoms with E-state index in [-0.39, 0.29) is 18.2 Å². The van der Waals surface area contributed by atoms with Gasteiger partial charge in [-0.2, -0.15) is 0 Å². The second-order valence-corrected chi connectivity index (χ2v) is 9.18. The lowest BCUT2D eigenvalue weighted by Gasteiger charge is -2.32. The topological polar surface area (TPSA) is 49.4 Å². The first kappa shape index (κ1) is 25.2. The van der Waals surface area contributed by atoms with E-state index in [2.05, 4.69) is 23.5 Å². The monoisotopic (exact) mass is 456 g/mol. The zero-order valence-corrected chi connectivity index (χ0v) is 20.8. The molecule has 0 radical (unpaired) electrons. The normalized spacial score (nSPS) is 11.6. The number of amides is 2. The Morgan fingerprint density at radius 3 is 2.06 bits per heavy atom. The van der Waals surface area contributed by atoms with E-state index in [1.165, 1.54) is 5.56 Å². The molecular weight excluding hydrogens is 420 g/mol. The first-order chi connectivity index (χ1) is 16.4. The van der Waals surface area contributed by atoms with Gasteiger partial charge in [-0.15, -0.1) is 0 Å². The molecule has 0 heterocycles. The van der Waals surface area contributed by atoms with Crippen LogP contribution in [0.1, 0.15) is 46.7 Å². The van der Waals surface area contributed by atoms with Crippen LogP contribution < -0.4 is 5.32 Å². The molecule has 3 aromatic rings. The van der Waals surface area contributed by atoms with E-state index in [0.717, 1.165) is 34.2 Å². The lowest BCUT2D eigenvalue weighted by atomic mass is 10.00. The average molecular weight is 457 g/mol. The van der Waals surface area contributed by atoms with Gasteiger partial charge in [-0.25, -0.2) is 0 Å². The fourth-order valence-electron chi connectivity index (χ4n) is 4.26. The summed E-state index contributed by atoms with van der Waals surface area (Å²) in [6, 6.07) is 23.7. The maximum absolute atomic E-state index is 13.8. The number of hydrogen-bond donors (Lipinski definition) is 1. The van der Waals surface area contributed by atoms with Gasteiger partial charge in [0.05, 0.1) is 6.42 Å². The van der Waals surface area contributed by atoms with Gasteiger partial charge in [-0.3, -0.25) is 9.59 Å². The number of carbonyl (C=O) groups is 2. The summed E-state index contributed by atoms with van der Waals surface area (Å²) in [6.45, 7) is 9.14. The Bertz CT molecular complexity index is 1070. The van der Waals surface area contributed by atoms with Gasteiger partial charge in [-0.1, -0.05) is 96.4 Å². The van der Waals surface area contributed by atoms with Crippen molar-refractivity contribution < 1.29 is 9.59 Å². The number of carbonyl (C=O) groups excluding carboxylic acids is 2. The molecule has 0 aliphatic carbocycles. The summed E-state index contributed by atoms with van der Waals surface area (Å²) < 4.78 is 0. The summed E-state index contributed by atoms with van der Waals surface area (Å²) in [7, 11) is 0. The Kier molecular flexibility index (Phi) is 9.03. The van der Waals surface area contributed by atoms with Gasteiger partial charge in [0, 0.05) is 19.5 Å². The fraction of sp³-hybridized carbons (Fsp3) is 0.333. The fourth-order valence-corrected chi connectivity index (χ4v) is 4.26. The molecule has 4 nitrogen and oxygen atoms in total. The third-order valence-corrected chi connectivity index (χ3v) is 5.93. The molecule has 0 aromatic heterocycles. The lowest BCUT2D eigenvalue weighted by molar-refractivity contribution is -0.140. The Morgan fingerprint density at radius 1 is 0.794 bits per heavy atom. The minimum atomic E-state index is -0.589. The second kappa shape index (κ2) is 12.2. The molecule has 0 bridgehead atoms. The minimum absolute atomic E-state index is 0.0434. The number of aryl methyl sites for hydroxylation is 3. The van der Waals surface area contributed by atoms with Crippen molar-refractivity contribution in [3.63, 3.8) is 0 Å². The van der Waals surface area contributed by atoms with E-state index in [9.17, 15) is 9.59 Å². The maximum Gasteiger partial charge on any atom is 0.243 e. The standard InChI is InChI=1S/C30H36N2O2/c1-5-15-31-30(34)28(19-25-9-7-6-8-10-25)32(21-26-13-11-22(2)12-14-26)29(33)20-27-17-23(3)16-24(4)18-27/h6-14,16-18,28H,5,15,19-21H2,1-4H3,(H,31,34)/t28-/m0/s1. The molecule has 0 aliphatic rings. The highest BCUT2D eigenvalue weighted by molar-refractivity contribution is 5.88. The van der Waals surface area contributed by atoms with E-state index in [0.29, 0.717) is 19.5 Å². The van der Waals surface area contributed by atoms with Gasteiger partial charge in [0.25, 0.3) is 0 Å². The molecule has 178 valence electrons. The number of rotatable bonds is 10. The first-order valence-corrected chi connectivity index (χ1v) is 12.1. The molecule has 0 spiro atoms. The van der Waals surface area contributed by atoms with Crippen LogP contribution in [0.25, 0.3) is 0 Å². The van der Waals surface area contributed by atoms with Crippen molar-refractivity contribution in [2.24, 2.45) is 0 Å². The van der Waals surface area contributed by atoms with Crippen LogP contribution in [-0.2, 0) is 29.0 Å². The highest BCUT2D eigenvalue weighted by Gasteiger charge is 2.30. The van der Waals surface area contributed by atoms with Crippen molar-refractivity contribution in [1.82, 2.24) is 10.2 Å². The third-order valence-electron chi connectivity index (χ3n) is 5.93. The van der Waals surface area contributed by atoms with E-state index < -0.39 is 6.04 Å². The second-order valence-electron chi connectivity index (χ2n) is 9.18. The van der Waals surface area contributed by atoms with E-state index >= 15 is 0 Å². The Balaban J connectivity index is 1.96. The lowest BCUT2D eigenvalue weighted by Crippen LogP contribution is -2.51. The molecule has 4 heteroatoms. The van der Waals surface area contributed by atoms with Gasteiger partial charge in [0.2, 0.25) is 11.8 Å². The number of nitrogens with one attached hydrogen (secondary N) is 1. The molecule has 3 aromatic carbocycles. The SMILES string of the molecule is CCCNC(=O)[C@H](Cc1ccccc1)N(Cc1ccc(C)cc1)C(=O)Cc1cc(C)cc(C)c1. The maximum atomic E-state index is 13.8. The average Bonchev–Trinajstić information content (AvgIpc) is 2.81. The van der Waals surface area contributed by atoms with Crippen LogP contribution in [0, 0.1) is 20.8 Å². The largest absolute Gasteiger partial charge is 0.354 e. The highest BCUT2D eigenvalue weighted by Crippen LogP contribution is 2.18. The van der Waals surface area contributed by atoms with Crippen LogP contribution in [0.2, 0.25) is 0 Å². The quantitative estimate of drug-likeness (QED) is 0.449. The molecule has 3 rings (SSSR count). The van der Waals surface area contributed by atoms with E-state index in [4.69, 9.17) is 0 Å². The van der Waals surface area contributed by atoms with Crippen LogP contribution in [-0.4, -0.2) is 29.3 Å². The highest BCUT2D eigenvalue weighted by atomic mass is 16.2. The van der Waals surface area contributed by atoms with E-state index in [1.807, 2.05) is 82.3 Å². The summed E-state index contributed by atoms with van der Waals surface area (Å²) in [4.78, 5) is 28.9. The summed E-state index contributed by atoms with van der Waals surface area (Å²) in [5.41, 5.74) is 6.46. The van der Waals surface area contributed by atoms with Crippen molar-refractivity contribution in [2.45, 2.75) is 59.5 Å². The van der Waals surface area contributed by atoms with Crippen LogP contribution in [0.5, 0.6) is 0 Å². The zero-order valence-electron chi connectivity index (χ0n) is 20.8. The summed E-state index contributed by atoms with van der Waals surface area (Å²) in [6.07, 6.45) is 1.58. The predicted molar refractivity (Wildman–Crippen MR) is 139 cm³/mol. The smallest absolute Gasteiger partial charge is 0.243 e. The number of benzene rings is 3.